The molecule has 2 aliphatic heterocycles. The number of rotatable bonds is 6. The number of nitrogens with one attached hydrogen (secondary N) is 1. The predicted octanol–water partition coefficient (Wildman–Crippen LogP) is 5.84. The molecule has 0 spiro atoms. The highest BCUT2D eigenvalue weighted by atomic mass is 35.5. The number of ether oxygens (including phenoxy) is 1. The lowest BCUT2D eigenvalue weighted by Crippen LogP contribution is -2.36. The molecular weight excluding hydrogens is 581 g/mol. The number of nitrogens with zero attached hydrogens (tertiary/aromatic N) is 4. The van der Waals surface area contributed by atoms with E-state index in [2.05, 4.69) is 74.4 Å². The summed E-state index contributed by atoms with van der Waals surface area (Å²) < 4.78 is 5.46. The molecule has 0 unspecified atom stereocenters. The first kappa shape index (κ1) is 32.4. The first-order valence-electron chi connectivity index (χ1n) is 13.3. The number of hydrogen-bond acceptors (Lipinski definition) is 5. The van der Waals surface area contributed by atoms with Gasteiger partial charge >= 0.3 is 0 Å². The van der Waals surface area contributed by atoms with Crippen LogP contribution in [-0.4, -0.2) is 65.1 Å². The van der Waals surface area contributed by atoms with Crippen molar-refractivity contribution >= 4 is 48.8 Å². The summed E-state index contributed by atoms with van der Waals surface area (Å²) in [4.78, 5) is 27.8. The quantitative estimate of drug-likeness (QED) is 0.295. The fraction of sp³-hybridized carbons (Fsp3) is 0.290. The number of H-pyrrole nitrogens is 1. The number of fused-ring (bicyclic) bond motifs is 1. The second-order valence-corrected chi connectivity index (χ2v) is 10.0. The van der Waals surface area contributed by atoms with Crippen LogP contribution in [0.2, 0.25) is 0 Å². The van der Waals surface area contributed by atoms with Crippen LogP contribution in [0.25, 0.3) is 11.1 Å². The zero-order valence-electron chi connectivity index (χ0n) is 22.8. The van der Waals surface area contributed by atoms with Crippen molar-refractivity contribution in [1.82, 2.24) is 19.8 Å². The van der Waals surface area contributed by atoms with Gasteiger partial charge in [-0.3, -0.25) is 9.69 Å². The van der Waals surface area contributed by atoms with Crippen molar-refractivity contribution in [3.05, 3.63) is 108 Å². The number of benzene rings is 3. The molecule has 1 N–H and O–H groups in total. The van der Waals surface area contributed by atoms with Crippen molar-refractivity contribution in [2.45, 2.75) is 19.6 Å². The van der Waals surface area contributed by atoms with Crippen LogP contribution in [0.3, 0.4) is 0 Å². The molecule has 1 aromatic heterocycles. The third-order valence-corrected chi connectivity index (χ3v) is 7.44. The van der Waals surface area contributed by atoms with Crippen LogP contribution in [0.5, 0.6) is 0 Å². The molecule has 218 valence electrons. The molecule has 0 aliphatic carbocycles. The Morgan fingerprint density at radius 1 is 0.829 bits per heavy atom. The lowest BCUT2D eigenvalue weighted by atomic mass is 10.0. The highest BCUT2D eigenvalue weighted by Crippen LogP contribution is 2.32. The molecule has 1 saturated heterocycles. The average Bonchev–Trinajstić information content (AvgIpc) is 3.42. The SMILES string of the molecule is Cl.Cl.Cl.O=C(c1ccc(CN2CCOCC2)cc1)N1CCN(Cc2cnc[nH]2)c2ccc(-c3ccccc3)cc2C1. The van der Waals surface area contributed by atoms with Gasteiger partial charge < -0.3 is 19.5 Å². The summed E-state index contributed by atoms with van der Waals surface area (Å²) in [5.74, 6) is 0.0716. The van der Waals surface area contributed by atoms with Gasteiger partial charge in [-0.1, -0.05) is 48.5 Å². The van der Waals surface area contributed by atoms with E-state index in [4.69, 9.17) is 4.74 Å². The fourth-order valence-electron chi connectivity index (χ4n) is 5.34. The number of carbonyl (C=O) groups is 1. The van der Waals surface area contributed by atoms with Crippen molar-refractivity contribution in [2.24, 2.45) is 0 Å². The third kappa shape index (κ3) is 7.82. The zero-order chi connectivity index (χ0) is 25.7. The molecule has 0 saturated carbocycles. The van der Waals surface area contributed by atoms with E-state index in [0.717, 1.165) is 74.0 Å². The molecule has 1 amide bonds. The number of hydrogen-bond donors (Lipinski definition) is 1. The van der Waals surface area contributed by atoms with Crippen LogP contribution < -0.4 is 4.90 Å². The molecule has 6 rings (SSSR count). The van der Waals surface area contributed by atoms with E-state index >= 15 is 0 Å². The van der Waals surface area contributed by atoms with Crippen molar-refractivity contribution in [3.8, 4) is 11.1 Å². The third-order valence-electron chi connectivity index (χ3n) is 7.44. The standard InChI is InChI=1S/C31H33N5O2.3ClH/c37-31(26-8-6-24(7-9-26)20-34-14-16-38-17-15-34)36-13-12-35(22-29-19-32-23-33-29)30-11-10-27(18-28(30)21-36)25-4-2-1-3-5-25;;;/h1-11,18-19,23H,12-17,20-22H2,(H,32,33);3*1H. The molecule has 3 heterocycles. The summed E-state index contributed by atoms with van der Waals surface area (Å²) in [6.45, 7) is 7.06. The van der Waals surface area contributed by atoms with E-state index in [1.165, 1.54) is 11.1 Å². The number of halogens is 3. The number of aromatic amines is 1. The Kier molecular flexibility index (Phi) is 12.1. The molecule has 0 radical (unpaired) electrons. The van der Waals surface area contributed by atoms with Gasteiger partial charge in [0, 0.05) is 56.7 Å². The highest BCUT2D eigenvalue weighted by Gasteiger charge is 2.25. The molecule has 10 heteroatoms. The number of anilines is 1. The van der Waals surface area contributed by atoms with E-state index in [9.17, 15) is 4.79 Å². The van der Waals surface area contributed by atoms with Crippen molar-refractivity contribution < 1.29 is 9.53 Å². The summed E-state index contributed by atoms with van der Waals surface area (Å²) in [7, 11) is 0. The van der Waals surface area contributed by atoms with Gasteiger partial charge in [-0.05, 0) is 46.5 Å². The van der Waals surface area contributed by atoms with Crippen molar-refractivity contribution in [2.75, 3.05) is 44.3 Å². The number of amides is 1. The lowest BCUT2D eigenvalue weighted by Gasteiger charge is -2.26. The van der Waals surface area contributed by atoms with Crippen molar-refractivity contribution in [3.63, 3.8) is 0 Å². The Balaban J connectivity index is 0.00000154. The minimum absolute atomic E-state index is 0. The van der Waals surface area contributed by atoms with Gasteiger partial charge in [0.1, 0.15) is 0 Å². The van der Waals surface area contributed by atoms with E-state index < -0.39 is 0 Å². The summed E-state index contributed by atoms with van der Waals surface area (Å²) in [6, 6.07) is 25.2. The molecule has 0 atom stereocenters. The molecule has 3 aromatic carbocycles. The van der Waals surface area contributed by atoms with Crippen LogP contribution in [0.4, 0.5) is 5.69 Å². The smallest absolute Gasteiger partial charge is 0.254 e. The predicted molar refractivity (Wildman–Crippen MR) is 171 cm³/mol. The maximum Gasteiger partial charge on any atom is 0.254 e. The highest BCUT2D eigenvalue weighted by molar-refractivity contribution is 5.94. The Morgan fingerprint density at radius 3 is 2.29 bits per heavy atom. The summed E-state index contributed by atoms with van der Waals surface area (Å²) in [5.41, 5.74) is 7.66. The number of imidazole rings is 1. The largest absolute Gasteiger partial charge is 0.379 e. The van der Waals surface area contributed by atoms with E-state index in [-0.39, 0.29) is 43.1 Å². The molecule has 7 nitrogen and oxygen atoms in total. The van der Waals surface area contributed by atoms with Gasteiger partial charge in [-0.25, -0.2) is 4.98 Å². The first-order chi connectivity index (χ1) is 18.7. The Bertz CT molecular complexity index is 1360. The van der Waals surface area contributed by atoms with Gasteiger partial charge in [0.2, 0.25) is 0 Å². The maximum atomic E-state index is 13.7. The molecule has 0 bridgehead atoms. The number of carbonyl (C=O) groups excluding carboxylic acids is 1. The van der Waals surface area contributed by atoms with Crippen LogP contribution in [0, 0.1) is 0 Å². The van der Waals surface area contributed by atoms with E-state index in [0.29, 0.717) is 13.1 Å². The van der Waals surface area contributed by atoms with Crippen LogP contribution in [-0.2, 0) is 24.4 Å². The van der Waals surface area contributed by atoms with E-state index in [1.54, 1.807) is 6.33 Å². The Morgan fingerprint density at radius 2 is 1.59 bits per heavy atom. The van der Waals surface area contributed by atoms with Gasteiger partial charge in [-0.2, -0.15) is 0 Å². The first-order valence-corrected chi connectivity index (χ1v) is 13.3. The van der Waals surface area contributed by atoms with Gasteiger partial charge in [0.05, 0.1) is 31.8 Å². The van der Waals surface area contributed by atoms with E-state index in [1.807, 2.05) is 29.3 Å². The average molecular weight is 617 g/mol. The fourth-order valence-corrected chi connectivity index (χ4v) is 5.34. The summed E-state index contributed by atoms with van der Waals surface area (Å²) in [5, 5.41) is 0. The Hall–Kier alpha value is -3.07. The molecule has 2 aliphatic rings. The topological polar surface area (TPSA) is 64.7 Å². The normalized spacial score (nSPS) is 15.0. The molecule has 4 aromatic rings. The second-order valence-electron chi connectivity index (χ2n) is 10.0. The summed E-state index contributed by atoms with van der Waals surface area (Å²) >= 11 is 0. The van der Waals surface area contributed by atoms with Crippen LogP contribution in [0.15, 0.2) is 85.3 Å². The van der Waals surface area contributed by atoms with Gasteiger partial charge in [-0.15, -0.1) is 37.2 Å². The zero-order valence-corrected chi connectivity index (χ0v) is 25.2. The van der Waals surface area contributed by atoms with Crippen LogP contribution >= 0.6 is 37.2 Å². The second kappa shape index (κ2) is 15.2. The lowest BCUT2D eigenvalue weighted by molar-refractivity contribution is 0.0342. The minimum atomic E-state index is 0. The van der Waals surface area contributed by atoms with Crippen molar-refractivity contribution in [1.29, 1.82) is 0 Å². The maximum absolute atomic E-state index is 13.7. The Labute approximate surface area is 260 Å². The number of aromatic nitrogens is 2. The molecule has 1 fully saturated rings. The van der Waals surface area contributed by atoms with Gasteiger partial charge in [0.15, 0.2) is 0 Å². The number of morpholine rings is 1. The minimum Gasteiger partial charge on any atom is -0.379 e. The van der Waals surface area contributed by atoms with Crippen LogP contribution in [0.1, 0.15) is 27.2 Å². The summed E-state index contributed by atoms with van der Waals surface area (Å²) in [6.07, 6.45) is 3.58. The van der Waals surface area contributed by atoms with Gasteiger partial charge in [0.25, 0.3) is 5.91 Å². The molecular formula is C31H36Cl3N5O2. The monoisotopic (exact) mass is 615 g/mol. The molecule has 41 heavy (non-hydrogen) atoms.